The molecular formula is C21H29IN6S. The van der Waals surface area contributed by atoms with Gasteiger partial charge in [-0.05, 0) is 51.5 Å². The number of guanidine groups is 1. The molecule has 3 rings (SSSR count). The molecule has 2 N–H and O–H groups in total. The van der Waals surface area contributed by atoms with Crippen LogP contribution < -0.4 is 10.6 Å². The molecule has 1 atom stereocenters. The predicted molar refractivity (Wildman–Crippen MR) is 132 cm³/mol. The molecule has 0 radical (unpaired) electrons. The second-order valence-electron chi connectivity index (χ2n) is 6.83. The molecule has 3 aromatic heterocycles. The van der Waals surface area contributed by atoms with Gasteiger partial charge >= 0.3 is 0 Å². The summed E-state index contributed by atoms with van der Waals surface area (Å²) in [7, 11) is 0. The fourth-order valence-electron chi connectivity index (χ4n) is 2.94. The summed E-state index contributed by atoms with van der Waals surface area (Å²) in [5.41, 5.74) is 1.07. The van der Waals surface area contributed by atoms with Gasteiger partial charge < -0.3 is 10.6 Å². The minimum Gasteiger partial charge on any atom is -0.357 e. The van der Waals surface area contributed by atoms with E-state index in [1.807, 2.05) is 41.3 Å². The highest BCUT2D eigenvalue weighted by molar-refractivity contribution is 14.0. The van der Waals surface area contributed by atoms with Crippen LogP contribution in [0.1, 0.15) is 35.0 Å². The van der Waals surface area contributed by atoms with Crippen molar-refractivity contribution >= 4 is 41.3 Å². The first-order valence-corrected chi connectivity index (χ1v) is 10.4. The van der Waals surface area contributed by atoms with Gasteiger partial charge in [-0.3, -0.25) is 4.57 Å². The van der Waals surface area contributed by atoms with Gasteiger partial charge in [-0.1, -0.05) is 6.07 Å². The van der Waals surface area contributed by atoms with Crippen LogP contribution in [0.3, 0.4) is 0 Å². The summed E-state index contributed by atoms with van der Waals surface area (Å²) in [4.78, 5) is 16.2. The molecular weight excluding hydrogens is 495 g/mol. The average Bonchev–Trinajstić information content (AvgIpc) is 3.28. The van der Waals surface area contributed by atoms with Crippen LogP contribution in [0.25, 0.3) is 5.82 Å². The number of aryl methyl sites for hydroxylation is 2. The number of nitrogens with one attached hydrogen (secondary N) is 2. The lowest BCUT2D eigenvalue weighted by Gasteiger charge is -2.17. The molecule has 29 heavy (non-hydrogen) atoms. The van der Waals surface area contributed by atoms with Crippen molar-refractivity contribution in [2.75, 3.05) is 6.54 Å². The number of halogens is 1. The Morgan fingerprint density at radius 3 is 2.62 bits per heavy atom. The number of thiophene rings is 1. The fraction of sp³-hybridized carbons (Fsp3) is 0.381. The Hall–Kier alpha value is -1.94. The third-order valence-corrected chi connectivity index (χ3v) is 5.36. The summed E-state index contributed by atoms with van der Waals surface area (Å²) >= 11 is 1.85. The van der Waals surface area contributed by atoms with Gasteiger partial charge in [0, 0.05) is 47.4 Å². The molecule has 0 aliphatic rings. The molecule has 0 saturated heterocycles. The van der Waals surface area contributed by atoms with Crippen molar-refractivity contribution in [3.63, 3.8) is 0 Å². The third kappa shape index (κ3) is 6.81. The van der Waals surface area contributed by atoms with E-state index in [2.05, 4.69) is 59.6 Å². The van der Waals surface area contributed by atoms with Crippen molar-refractivity contribution in [3.05, 3.63) is 64.0 Å². The van der Waals surface area contributed by atoms with Crippen molar-refractivity contribution in [2.24, 2.45) is 4.99 Å². The highest BCUT2D eigenvalue weighted by Gasteiger charge is 2.08. The van der Waals surface area contributed by atoms with E-state index in [-0.39, 0.29) is 24.0 Å². The first kappa shape index (κ1) is 23.3. The van der Waals surface area contributed by atoms with Crippen LogP contribution in [0.4, 0.5) is 0 Å². The Labute approximate surface area is 193 Å². The molecule has 3 heterocycles. The second kappa shape index (κ2) is 11.3. The third-order valence-electron chi connectivity index (χ3n) is 4.33. The lowest BCUT2D eigenvalue weighted by atomic mass is 10.2. The van der Waals surface area contributed by atoms with Crippen LogP contribution in [-0.4, -0.2) is 33.1 Å². The Kier molecular flexibility index (Phi) is 9.09. The van der Waals surface area contributed by atoms with E-state index in [4.69, 9.17) is 4.99 Å². The number of imidazole rings is 1. The van der Waals surface area contributed by atoms with Crippen molar-refractivity contribution in [2.45, 2.75) is 46.7 Å². The monoisotopic (exact) mass is 524 g/mol. The molecule has 0 aliphatic carbocycles. The van der Waals surface area contributed by atoms with Gasteiger partial charge in [0.05, 0.1) is 6.54 Å². The topological polar surface area (TPSA) is 67.1 Å². The summed E-state index contributed by atoms with van der Waals surface area (Å²) in [5, 5.41) is 6.83. The van der Waals surface area contributed by atoms with Gasteiger partial charge in [0.15, 0.2) is 5.96 Å². The zero-order chi connectivity index (χ0) is 19.9. The van der Waals surface area contributed by atoms with E-state index < -0.39 is 0 Å². The zero-order valence-electron chi connectivity index (χ0n) is 17.3. The lowest BCUT2D eigenvalue weighted by molar-refractivity contribution is 0.645. The fourth-order valence-corrected chi connectivity index (χ4v) is 3.96. The number of nitrogens with zero attached hydrogens (tertiary/aromatic N) is 4. The summed E-state index contributed by atoms with van der Waals surface area (Å²) in [5.74, 6) is 2.62. The molecule has 8 heteroatoms. The maximum Gasteiger partial charge on any atom is 0.191 e. The van der Waals surface area contributed by atoms with E-state index in [1.54, 1.807) is 6.20 Å². The Morgan fingerprint density at radius 2 is 2.03 bits per heavy atom. The quantitative estimate of drug-likeness (QED) is 0.276. The molecule has 0 aromatic carbocycles. The highest BCUT2D eigenvalue weighted by Crippen LogP contribution is 2.16. The minimum absolute atomic E-state index is 0. The van der Waals surface area contributed by atoms with Crippen LogP contribution >= 0.6 is 35.3 Å². The number of aromatic nitrogens is 3. The highest BCUT2D eigenvalue weighted by atomic mass is 127. The van der Waals surface area contributed by atoms with Crippen LogP contribution in [0.5, 0.6) is 0 Å². The van der Waals surface area contributed by atoms with Crippen LogP contribution in [-0.2, 0) is 13.0 Å². The summed E-state index contributed by atoms with van der Waals surface area (Å²) in [6.07, 6.45) is 6.56. The Balaban J connectivity index is 0.00000300. The molecule has 1 unspecified atom stereocenters. The average molecular weight is 524 g/mol. The first-order chi connectivity index (χ1) is 13.5. The Morgan fingerprint density at radius 1 is 1.21 bits per heavy atom. The van der Waals surface area contributed by atoms with Crippen LogP contribution in [0.2, 0.25) is 0 Å². The van der Waals surface area contributed by atoms with Crippen molar-refractivity contribution < 1.29 is 0 Å². The maximum absolute atomic E-state index is 4.72. The van der Waals surface area contributed by atoms with E-state index in [0.29, 0.717) is 12.6 Å². The van der Waals surface area contributed by atoms with Crippen LogP contribution in [0.15, 0.2) is 47.8 Å². The van der Waals surface area contributed by atoms with Gasteiger partial charge in [-0.2, -0.15) is 0 Å². The standard InChI is InChI=1S/C21H28N6S.HI/c1-5-22-21(26-15(2)12-19-8-6-16(3)28-19)25-14-18-7-9-20(24-13-18)27-11-10-23-17(27)4;/h6-11,13,15H,5,12,14H2,1-4H3,(H2,22,25,26);1H. The molecule has 3 aromatic rings. The largest absolute Gasteiger partial charge is 0.357 e. The Bertz CT molecular complexity index is 915. The zero-order valence-corrected chi connectivity index (χ0v) is 20.5. The summed E-state index contributed by atoms with van der Waals surface area (Å²) in [6, 6.07) is 8.75. The molecule has 0 amide bonds. The molecule has 0 aliphatic heterocycles. The second-order valence-corrected chi connectivity index (χ2v) is 8.20. The van der Waals surface area contributed by atoms with Crippen molar-refractivity contribution in [3.8, 4) is 5.82 Å². The van der Waals surface area contributed by atoms with Crippen molar-refractivity contribution in [1.82, 2.24) is 25.2 Å². The van der Waals surface area contributed by atoms with E-state index in [1.165, 1.54) is 9.75 Å². The minimum atomic E-state index is 0. The van der Waals surface area contributed by atoms with Gasteiger partial charge in [0.1, 0.15) is 11.6 Å². The predicted octanol–water partition coefficient (Wildman–Crippen LogP) is 4.25. The number of rotatable bonds is 7. The summed E-state index contributed by atoms with van der Waals surface area (Å²) in [6.45, 7) is 9.78. The van der Waals surface area contributed by atoms with E-state index in [9.17, 15) is 0 Å². The van der Waals surface area contributed by atoms with Crippen LogP contribution in [0, 0.1) is 13.8 Å². The number of pyridine rings is 1. The molecule has 0 fully saturated rings. The van der Waals surface area contributed by atoms with Gasteiger partial charge in [-0.25, -0.2) is 15.0 Å². The maximum atomic E-state index is 4.72. The van der Waals surface area contributed by atoms with Gasteiger partial charge in [0.25, 0.3) is 0 Å². The van der Waals surface area contributed by atoms with Gasteiger partial charge in [-0.15, -0.1) is 35.3 Å². The molecule has 156 valence electrons. The summed E-state index contributed by atoms with van der Waals surface area (Å²) < 4.78 is 1.96. The number of aliphatic imine (C=N–C) groups is 1. The normalized spacial score (nSPS) is 12.3. The number of hydrogen-bond donors (Lipinski definition) is 2. The number of hydrogen-bond acceptors (Lipinski definition) is 4. The lowest BCUT2D eigenvalue weighted by Crippen LogP contribution is -2.43. The van der Waals surface area contributed by atoms with E-state index in [0.717, 1.165) is 36.1 Å². The smallest absolute Gasteiger partial charge is 0.191 e. The van der Waals surface area contributed by atoms with E-state index >= 15 is 0 Å². The van der Waals surface area contributed by atoms with Crippen molar-refractivity contribution in [1.29, 1.82) is 0 Å². The van der Waals surface area contributed by atoms with Gasteiger partial charge in [0.2, 0.25) is 0 Å². The molecule has 0 bridgehead atoms. The molecule has 0 spiro atoms. The first-order valence-electron chi connectivity index (χ1n) is 9.60. The SMILES string of the molecule is CCNC(=NCc1ccc(-n2ccnc2C)nc1)NC(C)Cc1ccc(C)s1.I. The molecule has 6 nitrogen and oxygen atoms in total. The molecule has 0 saturated carbocycles.